The lowest BCUT2D eigenvalue weighted by atomic mass is 10.2. The van der Waals surface area contributed by atoms with Crippen molar-refractivity contribution < 1.29 is 13.2 Å². The van der Waals surface area contributed by atoms with E-state index in [1.54, 1.807) is 0 Å². The van der Waals surface area contributed by atoms with Crippen LogP contribution in [0.2, 0.25) is 0 Å². The molecule has 1 heterocycles. The molecule has 0 amide bonds. The van der Waals surface area contributed by atoms with Gasteiger partial charge in [-0.25, -0.2) is 10.8 Å². The van der Waals surface area contributed by atoms with Crippen LogP contribution in [-0.4, -0.2) is 4.98 Å². The zero-order chi connectivity index (χ0) is 14.6. The van der Waals surface area contributed by atoms with Crippen molar-refractivity contribution in [3.8, 4) is 0 Å². The second kappa shape index (κ2) is 6.15. The smallest absolute Gasteiger partial charge is 0.308 e. The van der Waals surface area contributed by atoms with Gasteiger partial charge in [0.1, 0.15) is 5.82 Å². The summed E-state index contributed by atoms with van der Waals surface area (Å²) in [5.41, 5.74) is 2.40. The van der Waals surface area contributed by atoms with Crippen molar-refractivity contribution in [3.05, 3.63) is 53.6 Å². The van der Waals surface area contributed by atoms with Gasteiger partial charge >= 0.3 is 6.18 Å². The Labute approximate surface area is 118 Å². The van der Waals surface area contributed by atoms with Gasteiger partial charge in [-0.15, -0.1) is 11.8 Å². The Bertz CT molecular complexity index is 573. The van der Waals surface area contributed by atoms with Gasteiger partial charge in [-0.1, -0.05) is 30.3 Å². The fraction of sp³-hybridized carbons (Fsp3) is 0.154. The normalized spacial score (nSPS) is 11.4. The monoisotopic (exact) mass is 299 g/mol. The van der Waals surface area contributed by atoms with Crippen molar-refractivity contribution in [1.82, 2.24) is 4.98 Å². The summed E-state index contributed by atoms with van der Waals surface area (Å²) >= 11 is 1.23. The number of anilines is 1. The predicted molar refractivity (Wildman–Crippen MR) is 73.1 cm³/mol. The lowest BCUT2D eigenvalue weighted by molar-refractivity contribution is -0.137. The summed E-state index contributed by atoms with van der Waals surface area (Å²) in [5.74, 6) is 5.69. The molecule has 0 atom stereocenters. The average molecular weight is 299 g/mol. The van der Waals surface area contributed by atoms with Crippen LogP contribution in [0.5, 0.6) is 0 Å². The van der Waals surface area contributed by atoms with Gasteiger partial charge in [-0.3, -0.25) is 0 Å². The van der Waals surface area contributed by atoms with Crippen LogP contribution in [0.1, 0.15) is 11.1 Å². The van der Waals surface area contributed by atoms with E-state index >= 15 is 0 Å². The first-order chi connectivity index (χ1) is 9.49. The number of rotatable bonds is 4. The minimum atomic E-state index is -4.42. The van der Waals surface area contributed by atoms with Crippen molar-refractivity contribution in [2.75, 3.05) is 5.43 Å². The molecule has 0 fully saturated rings. The maximum Gasteiger partial charge on any atom is 0.416 e. The minimum absolute atomic E-state index is 0.00427. The fourth-order valence-electron chi connectivity index (χ4n) is 1.55. The number of benzene rings is 1. The van der Waals surface area contributed by atoms with Crippen LogP contribution in [0.15, 0.2) is 47.5 Å². The molecule has 0 bridgehead atoms. The molecule has 1 aromatic carbocycles. The van der Waals surface area contributed by atoms with Crippen LogP contribution < -0.4 is 11.3 Å². The third kappa shape index (κ3) is 3.88. The van der Waals surface area contributed by atoms with Gasteiger partial charge in [0.05, 0.1) is 10.6 Å². The van der Waals surface area contributed by atoms with Crippen LogP contribution >= 0.6 is 11.8 Å². The molecule has 0 spiro atoms. The highest BCUT2D eigenvalue weighted by Crippen LogP contribution is 2.33. The van der Waals surface area contributed by atoms with Gasteiger partial charge in [-0.2, -0.15) is 13.2 Å². The molecule has 0 aliphatic rings. The molecule has 2 rings (SSSR count). The summed E-state index contributed by atoms with van der Waals surface area (Å²) in [5, 5.41) is 0.275. The van der Waals surface area contributed by atoms with Gasteiger partial charge in [0.15, 0.2) is 0 Å². The topological polar surface area (TPSA) is 50.9 Å². The SMILES string of the molecule is NNc1cc(C(F)(F)F)cc(SCc2ccccc2)n1. The van der Waals surface area contributed by atoms with Crippen molar-refractivity contribution in [1.29, 1.82) is 0 Å². The number of thioether (sulfide) groups is 1. The Morgan fingerprint density at radius 2 is 1.85 bits per heavy atom. The molecule has 3 N–H and O–H groups in total. The summed E-state index contributed by atoms with van der Waals surface area (Å²) in [6, 6.07) is 11.4. The van der Waals surface area contributed by atoms with Gasteiger partial charge < -0.3 is 5.43 Å². The highest BCUT2D eigenvalue weighted by molar-refractivity contribution is 7.98. The van der Waals surface area contributed by atoms with Crippen LogP contribution in [0.3, 0.4) is 0 Å². The highest BCUT2D eigenvalue weighted by atomic mass is 32.2. The first-order valence-electron chi connectivity index (χ1n) is 5.71. The minimum Gasteiger partial charge on any atom is -0.308 e. The first-order valence-corrected chi connectivity index (χ1v) is 6.70. The van der Waals surface area contributed by atoms with E-state index in [1.165, 1.54) is 11.8 Å². The Morgan fingerprint density at radius 3 is 2.45 bits per heavy atom. The number of hydrogen-bond acceptors (Lipinski definition) is 4. The quantitative estimate of drug-likeness (QED) is 0.514. The molecule has 0 aliphatic heterocycles. The van der Waals surface area contributed by atoms with Crippen LogP contribution in [0, 0.1) is 0 Å². The number of pyridine rings is 1. The second-order valence-electron chi connectivity index (χ2n) is 4.00. The number of hydrazine groups is 1. The summed E-state index contributed by atoms with van der Waals surface area (Å²) in [4.78, 5) is 4.01. The van der Waals surface area contributed by atoms with Gasteiger partial charge in [0.2, 0.25) is 0 Å². The Morgan fingerprint density at radius 1 is 1.15 bits per heavy atom. The molecule has 3 nitrogen and oxygen atoms in total. The van der Waals surface area contributed by atoms with E-state index in [0.29, 0.717) is 5.75 Å². The maximum absolute atomic E-state index is 12.7. The molecule has 1 aromatic heterocycles. The van der Waals surface area contributed by atoms with Crippen molar-refractivity contribution in [2.45, 2.75) is 17.0 Å². The number of nitrogens with one attached hydrogen (secondary N) is 1. The summed E-state index contributed by atoms with van der Waals surface area (Å²) in [6.07, 6.45) is -4.42. The third-order valence-corrected chi connectivity index (χ3v) is 3.49. The highest BCUT2D eigenvalue weighted by Gasteiger charge is 2.31. The zero-order valence-corrected chi connectivity index (χ0v) is 11.1. The Kier molecular flexibility index (Phi) is 4.51. The number of halogens is 3. The van der Waals surface area contributed by atoms with Crippen molar-refractivity contribution in [2.24, 2.45) is 5.84 Å². The molecular weight excluding hydrogens is 287 g/mol. The first kappa shape index (κ1) is 14.7. The van der Waals surface area contributed by atoms with E-state index in [9.17, 15) is 13.2 Å². The molecule has 106 valence electrons. The van der Waals surface area contributed by atoms with E-state index < -0.39 is 11.7 Å². The number of nitrogens with zero attached hydrogens (tertiary/aromatic N) is 1. The zero-order valence-electron chi connectivity index (χ0n) is 10.3. The molecule has 0 saturated carbocycles. The number of aromatic nitrogens is 1. The molecular formula is C13H12F3N3S. The molecule has 0 aliphatic carbocycles. The van der Waals surface area contributed by atoms with Crippen molar-refractivity contribution >= 4 is 17.6 Å². The average Bonchev–Trinajstić information content (AvgIpc) is 2.45. The lowest BCUT2D eigenvalue weighted by Gasteiger charge is -2.10. The Balaban J connectivity index is 2.19. The number of nitrogens with two attached hydrogens (primary N) is 1. The van der Waals surface area contributed by atoms with Gasteiger partial charge in [0.25, 0.3) is 0 Å². The lowest BCUT2D eigenvalue weighted by Crippen LogP contribution is -2.12. The Hall–Kier alpha value is -1.73. The maximum atomic E-state index is 12.7. The molecule has 0 saturated heterocycles. The van der Waals surface area contributed by atoms with Crippen LogP contribution in [0.4, 0.5) is 19.0 Å². The summed E-state index contributed by atoms with van der Waals surface area (Å²) in [7, 11) is 0. The summed E-state index contributed by atoms with van der Waals surface area (Å²) in [6.45, 7) is 0. The standard InChI is InChI=1S/C13H12F3N3S/c14-13(15,16)10-6-11(19-17)18-12(7-10)20-8-9-4-2-1-3-5-9/h1-7H,8,17H2,(H,18,19). The van der Waals surface area contributed by atoms with E-state index in [0.717, 1.165) is 17.7 Å². The predicted octanol–water partition coefficient (Wildman–Crippen LogP) is 3.68. The van der Waals surface area contributed by atoms with E-state index in [-0.39, 0.29) is 10.8 Å². The van der Waals surface area contributed by atoms with E-state index in [2.05, 4.69) is 10.4 Å². The van der Waals surface area contributed by atoms with Crippen LogP contribution in [-0.2, 0) is 11.9 Å². The van der Waals surface area contributed by atoms with E-state index in [1.807, 2.05) is 30.3 Å². The molecule has 2 aromatic rings. The number of alkyl halides is 3. The molecule has 7 heteroatoms. The third-order valence-electron chi connectivity index (χ3n) is 2.51. The second-order valence-corrected chi connectivity index (χ2v) is 4.99. The van der Waals surface area contributed by atoms with Crippen molar-refractivity contribution in [3.63, 3.8) is 0 Å². The van der Waals surface area contributed by atoms with Crippen LogP contribution in [0.25, 0.3) is 0 Å². The largest absolute Gasteiger partial charge is 0.416 e. The van der Waals surface area contributed by atoms with Gasteiger partial charge in [0, 0.05) is 5.75 Å². The fourth-order valence-corrected chi connectivity index (χ4v) is 2.43. The van der Waals surface area contributed by atoms with Gasteiger partial charge in [-0.05, 0) is 17.7 Å². The van der Waals surface area contributed by atoms with E-state index in [4.69, 9.17) is 5.84 Å². The number of hydrogen-bond donors (Lipinski definition) is 2. The number of nitrogen functional groups attached to an aromatic ring is 1. The molecule has 20 heavy (non-hydrogen) atoms. The molecule has 0 unspecified atom stereocenters. The molecule has 0 radical (unpaired) electrons. The summed E-state index contributed by atoms with van der Waals surface area (Å²) < 4.78 is 38.2.